The van der Waals surface area contributed by atoms with Gasteiger partial charge in [0.05, 0.1) is 6.04 Å². The minimum Gasteiger partial charge on any atom is -0.335 e. The molecule has 0 saturated carbocycles. The maximum Gasteiger partial charge on any atom is 0.161 e. The molecule has 2 atom stereocenters. The van der Waals surface area contributed by atoms with Gasteiger partial charge in [0, 0.05) is 15.4 Å². The molecule has 0 aliphatic carbocycles. The number of aliphatic imine (C=N–C) groups is 1. The van der Waals surface area contributed by atoms with Crippen molar-refractivity contribution in [3.63, 3.8) is 0 Å². The molecule has 1 aromatic rings. The van der Waals surface area contributed by atoms with Crippen molar-refractivity contribution in [3.05, 3.63) is 28.7 Å². The summed E-state index contributed by atoms with van der Waals surface area (Å²) in [6.07, 6.45) is 1.16. The fraction of sp³-hybridized carbons (Fsp3) is 0.417. The lowest BCUT2D eigenvalue weighted by molar-refractivity contribution is 0.661. The second-order valence-corrected chi connectivity index (χ2v) is 6.43. The number of anilines is 1. The number of hydrogen-bond donors (Lipinski definition) is 1. The van der Waals surface area contributed by atoms with Gasteiger partial charge in [0.15, 0.2) is 5.17 Å². The van der Waals surface area contributed by atoms with Crippen molar-refractivity contribution in [2.24, 2.45) is 4.99 Å². The van der Waals surface area contributed by atoms with E-state index >= 15 is 0 Å². The van der Waals surface area contributed by atoms with Crippen molar-refractivity contribution in [2.45, 2.75) is 31.6 Å². The SMILES string of the molecule is CC1CC(C)SC(Nc2cccc(Br)c2)=N1. The summed E-state index contributed by atoms with van der Waals surface area (Å²) in [7, 11) is 0. The third-order valence-electron chi connectivity index (χ3n) is 2.40. The van der Waals surface area contributed by atoms with E-state index in [9.17, 15) is 0 Å². The van der Waals surface area contributed by atoms with Crippen LogP contribution in [0.2, 0.25) is 0 Å². The van der Waals surface area contributed by atoms with Gasteiger partial charge < -0.3 is 5.32 Å². The number of hydrogen-bond acceptors (Lipinski definition) is 3. The van der Waals surface area contributed by atoms with Crippen LogP contribution in [0.1, 0.15) is 20.3 Å². The number of rotatable bonds is 1. The molecule has 16 heavy (non-hydrogen) atoms. The third kappa shape index (κ3) is 3.25. The highest BCUT2D eigenvalue weighted by atomic mass is 79.9. The monoisotopic (exact) mass is 298 g/mol. The number of benzene rings is 1. The number of nitrogens with one attached hydrogen (secondary N) is 1. The Morgan fingerprint density at radius 1 is 1.44 bits per heavy atom. The molecule has 0 radical (unpaired) electrons. The topological polar surface area (TPSA) is 24.4 Å². The number of halogens is 1. The van der Waals surface area contributed by atoms with E-state index < -0.39 is 0 Å². The number of thioether (sulfide) groups is 1. The third-order valence-corrected chi connectivity index (χ3v) is 3.92. The Morgan fingerprint density at radius 3 is 2.94 bits per heavy atom. The highest BCUT2D eigenvalue weighted by Crippen LogP contribution is 2.26. The van der Waals surface area contributed by atoms with E-state index in [2.05, 4.69) is 52.2 Å². The fourth-order valence-corrected chi connectivity index (χ4v) is 3.33. The van der Waals surface area contributed by atoms with E-state index in [0.717, 1.165) is 21.7 Å². The molecule has 1 N–H and O–H groups in total. The van der Waals surface area contributed by atoms with Crippen LogP contribution >= 0.6 is 27.7 Å². The van der Waals surface area contributed by atoms with Crippen LogP contribution in [0.4, 0.5) is 5.69 Å². The van der Waals surface area contributed by atoms with Crippen LogP contribution in [0.3, 0.4) is 0 Å². The van der Waals surface area contributed by atoms with Gasteiger partial charge in [-0.1, -0.05) is 40.7 Å². The quantitative estimate of drug-likeness (QED) is 0.843. The Morgan fingerprint density at radius 2 is 2.25 bits per heavy atom. The molecule has 1 heterocycles. The van der Waals surface area contributed by atoms with Gasteiger partial charge in [0.25, 0.3) is 0 Å². The Balaban J connectivity index is 2.10. The maximum atomic E-state index is 4.61. The first kappa shape index (κ1) is 12.0. The number of nitrogens with zero attached hydrogens (tertiary/aromatic N) is 1. The molecular weight excluding hydrogens is 284 g/mol. The molecular formula is C12H15BrN2S. The van der Waals surface area contributed by atoms with Crippen molar-refractivity contribution in [1.29, 1.82) is 0 Å². The Labute approximate surface area is 109 Å². The van der Waals surface area contributed by atoms with Gasteiger partial charge in [-0.3, -0.25) is 4.99 Å². The zero-order valence-electron chi connectivity index (χ0n) is 9.40. The molecule has 4 heteroatoms. The van der Waals surface area contributed by atoms with E-state index in [1.807, 2.05) is 23.9 Å². The summed E-state index contributed by atoms with van der Waals surface area (Å²) >= 11 is 5.28. The molecule has 1 aromatic carbocycles. The average Bonchev–Trinajstić information content (AvgIpc) is 2.15. The first-order valence-electron chi connectivity index (χ1n) is 5.40. The van der Waals surface area contributed by atoms with E-state index in [1.165, 1.54) is 0 Å². The standard InChI is InChI=1S/C12H15BrN2S/c1-8-6-9(2)16-12(14-8)15-11-5-3-4-10(13)7-11/h3-5,7-9H,6H2,1-2H3,(H,14,15). The van der Waals surface area contributed by atoms with Gasteiger partial charge in [-0.15, -0.1) is 0 Å². The normalized spacial score (nSPS) is 25.1. The molecule has 2 unspecified atom stereocenters. The molecule has 0 aromatic heterocycles. The van der Waals surface area contributed by atoms with E-state index in [4.69, 9.17) is 0 Å². The van der Waals surface area contributed by atoms with Crippen molar-refractivity contribution >= 4 is 38.5 Å². The molecule has 0 fully saturated rings. The van der Waals surface area contributed by atoms with Crippen LogP contribution < -0.4 is 5.32 Å². The zero-order valence-corrected chi connectivity index (χ0v) is 11.8. The van der Waals surface area contributed by atoms with Crippen molar-refractivity contribution in [3.8, 4) is 0 Å². The smallest absolute Gasteiger partial charge is 0.161 e. The lowest BCUT2D eigenvalue weighted by Gasteiger charge is -2.23. The summed E-state index contributed by atoms with van der Waals surface area (Å²) in [5.41, 5.74) is 1.09. The highest BCUT2D eigenvalue weighted by Gasteiger charge is 2.18. The molecule has 0 spiro atoms. The molecule has 2 nitrogen and oxygen atoms in total. The van der Waals surface area contributed by atoms with Crippen molar-refractivity contribution in [2.75, 3.05) is 5.32 Å². The summed E-state index contributed by atoms with van der Waals surface area (Å²) in [6, 6.07) is 8.58. The molecule has 1 aliphatic heterocycles. The predicted molar refractivity (Wildman–Crippen MR) is 76.3 cm³/mol. The van der Waals surface area contributed by atoms with Gasteiger partial charge in [-0.05, 0) is 31.5 Å². The first-order chi connectivity index (χ1) is 7.63. The molecule has 2 rings (SSSR count). The Kier molecular flexibility index (Phi) is 3.92. The first-order valence-corrected chi connectivity index (χ1v) is 7.08. The minimum absolute atomic E-state index is 0.422. The lowest BCUT2D eigenvalue weighted by atomic mass is 10.2. The van der Waals surface area contributed by atoms with Crippen LogP contribution in [0.5, 0.6) is 0 Å². The second kappa shape index (κ2) is 5.23. The van der Waals surface area contributed by atoms with Gasteiger partial charge in [-0.25, -0.2) is 0 Å². The summed E-state index contributed by atoms with van der Waals surface area (Å²) in [5.74, 6) is 0. The minimum atomic E-state index is 0.422. The Bertz CT molecular complexity index is 406. The lowest BCUT2D eigenvalue weighted by Crippen LogP contribution is -2.22. The van der Waals surface area contributed by atoms with Crippen LogP contribution in [0, 0.1) is 0 Å². The average molecular weight is 299 g/mol. The second-order valence-electron chi connectivity index (χ2n) is 4.08. The summed E-state index contributed by atoms with van der Waals surface area (Å²) in [6.45, 7) is 4.41. The maximum absolute atomic E-state index is 4.61. The molecule has 0 bridgehead atoms. The van der Waals surface area contributed by atoms with Crippen molar-refractivity contribution < 1.29 is 0 Å². The Hall–Kier alpha value is -0.480. The summed E-state index contributed by atoms with van der Waals surface area (Å²) in [5, 5.41) is 5.04. The molecule has 86 valence electrons. The van der Waals surface area contributed by atoms with Gasteiger partial charge in [0.1, 0.15) is 0 Å². The molecule has 0 saturated heterocycles. The molecule has 0 amide bonds. The largest absolute Gasteiger partial charge is 0.335 e. The summed E-state index contributed by atoms with van der Waals surface area (Å²) < 4.78 is 1.08. The van der Waals surface area contributed by atoms with E-state index in [-0.39, 0.29) is 0 Å². The van der Waals surface area contributed by atoms with Gasteiger partial charge in [-0.2, -0.15) is 0 Å². The predicted octanol–water partition coefficient (Wildman–Crippen LogP) is 4.13. The fourth-order valence-electron chi connectivity index (χ4n) is 1.75. The zero-order chi connectivity index (χ0) is 11.5. The van der Waals surface area contributed by atoms with Gasteiger partial charge in [0.2, 0.25) is 0 Å². The van der Waals surface area contributed by atoms with Crippen LogP contribution in [-0.4, -0.2) is 16.5 Å². The van der Waals surface area contributed by atoms with Crippen LogP contribution in [0.25, 0.3) is 0 Å². The van der Waals surface area contributed by atoms with Crippen LogP contribution in [0.15, 0.2) is 33.7 Å². The summed E-state index contributed by atoms with van der Waals surface area (Å²) in [4.78, 5) is 4.61. The number of amidine groups is 1. The van der Waals surface area contributed by atoms with Crippen molar-refractivity contribution in [1.82, 2.24) is 0 Å². The highest BCUT2D eigenvalue weighted by molar-refractivity contribution is 9.10. The van der Waals surface area contributed by atoms with E-state index in [0.29, 0.717) is 11.3 Å². The van der Waals surface area contributed by atoms with Crippen LogP contribution in [-0.2, 0) is 0 Å². The molecule has 1 aliphatic rings. The van der Waals surface area contributed by atoms with E-state index in [1.54, 1.807) is 0 Å². The van der Waals surface area contributed by atoms with Gasteiger partial charge >= 0.3 is 0 Å².